The lowest BCUT2D eigenvalue weighted by Gasteiger charge is -2.35. The molecule has 1 aromatic heterocycles. The summed E-state index contributed by atoms with van der Waals surface area (Å²) in [5.74, 6) is 1.53. The topological polar surface area (TPSA) is 112 Å². The van der Waals surface area contributed by atoms with Crippen molar-refractivity contribution in [3.63, 3.8) is 0 Å². The molecule has 0 bridgehead atoms. The highest BCUT2D eigenvalue weighted by Gasteiger charge is 2.20. The van der Waals surface area contributed by atoms with Crippen LogP contribution in [0, 0.1) is 6.92 Å². The largest absolute Gasteiger partial charge is 0.494 e. The molecule has 10 nitrogen and oxygen atoms in total. The maximum absolute atomic E-state index is 11.6. The highest BCUT2D eigenvalue weighted by Crippen LogP contribution is 2.32. The number of benzene rings is 2. The fourth-order valence-electron chi connectivity index (χ4n) is 4.01. The smallest absolute Gasteiger partial charge is 0.247 e. The van der Waals surface area contributed by atoms with Crippen LogP contribution in [0.5, 0.6) is 5.75 Å². The Morgan fingerprint density at radius 3 is 2.47 bits per heavy atom. The predicted octanol–water partition coefficient (Wildman–Crippen LogP) is 4.71. The summed E-state index contributed by atoms with van der Waals surface area (Å²) in [6.45, 7) is 9.94. The third kappa shape index (κ3) is 6.78. The van der Waals surface area contributed by atoms with Gasteiger partial charge in [-0.25, -0.2) is 4.98 Å². The summed E-state index contributed by atoms with van der Waals surface area (Å²) in [6.07, 6.45) is 2.96. The molecule has 0 saturated carbocycles. The number of nitrogens with one attached hydrogen (secondary N) is 3. The maximum atomic E-state index is 11.6. The Morgan fingerprint density at radius 1 is 1.05 bits per heavy atom. The van der Waals surface area contributed by atoms with E-state index < -0.39 is 0 Å². The van der Waals surface area contributed by atoms with Crippen molar-refractivity contribution in [2.24, 2.45) is 0 Å². The third-order valence-corrected chi connectivity index (χ3v) is 6.07. The van der Waals surface area contributed by atoms with Crippen molar-refractivity contribution < 1.29 is 14.3 Å². The first kappa shape index (κ1) is 28.0. The molecule has 1 saturated heterocycles. The molecular formula is C28H35N7O3. The summed E-state index contributed by atoms with van der Waals surface area (Å²) in [4.78, 5) is 36.4. The Kier molecular flexibility index (Phi) is 9.26. The van der Waals surface area contributed by atoms with Crippen LogP contribution in [0.15, 0.2) is 61.3 Å². The molecule has 0 spiro atoms. The number of carbonyl (C=O) groups is 2. The molecule has 4 rings (SSSR count). The summed E-state index contributed by atoms with van der Waals surface area (Å²) in [5.41, 5.74) is 4.03. The molecule has 1 fully saturated rings. The van der Waals surface area contributed by atoms with E-state index in [0.717, 1.165) is 35.7 Å². The highest BCUT2D eigenvalue weighted by atomic mass is 16.5. The fourth-order valence-corrected chi connectivity index (χ4v) is 4.01. The molecule has 2 aromatic carbocycles. The molecule has 0 radical (unpaired) electrons. The van der Waals surface area contributed by atoms with Crippen LogP contribution in [0.25, 0.3) is 0 Å². The van der Waals surface area contributed by atoms with Crippen molar-refractivity contribution in [2.75, 3.05) is 54.1 Å². The Hall–Kier alpha value is -4.60. The molecule has 200 valence electrons. The van der Waals surface area contributed by atoms with E-state index in [1.54, 1.807) is 26.3 Å². The molecule has 38 heavy (non-hydrogen) atoms. The lowest BCUT2D eigenvalue weighted by atomic mass is 10.2. The summed E-state index contributed by atoms with van der Waals surface area (Å²) >= 11 is 0. The first-order valence-electron chi connectivity index (χ1n) is 12.0. The summed E-state index contributed by atoms with van der Waals surface area (Å²) in [6, 6.07) is 13.3. The monoisotopic (exact) mass is 517 g/mol. The molecule has 1 aliphatic rings. The number of anilines is 6. The number of methoxy groups -OCH3 is 1. The van der Waals surface area contributed by atoms with Crippen LogP contribution < -0.4 is 25.6 Å². The van der Waals surface area contributed by atoms with Crippen LogP contribution in [-0.4, -0.2) is 60.0 Å². The van der Waals surface area contributed by atoms with Crippen LogP contribution in [0.3, 0.4) is 0 Å². The van der Waals surface area contributed by atoms with Crippen LogP contribution in [0.4, 0.5) is 34.5 Å². The van der Waals surface area contributed by atoms with Gasteiger partial charge in [-0.05, 0) is 43.3 Å². The number of rotatable bonds is 8. The van der Waals surface area contributed by atoms with Gasteiger partial charge in [0.15, 0.2) is 0 Å². The van der Waals surface area contributed by atoms with Gasteiger partial charge in [-0.1, -0.05) is 20.1 Å². The molecule has 2 amide bonds. The number of hydrogen-bond acceptors (Lipinski definition) is 8. The molecule has 1 aliphatic heterocycles. The van der Waals surface area contributed by atoms with Gasteiger partial charge in [-0.15, -0.1) is 0 Å². The summed E-state index contributed by atoms with van der Waals surface area (Å²) in [7, 11) is 1.62. The Bertz CT molecular complexity index is 1300. The minimum atomic E-state index is -0.278. The lowest BCUT2D eigenvalue weighted by Crippen LogP contribution is -2.48. The van der Waals surface area contributed by atoms with Gasteiger partial charge in [0, 0.05) is 68.0 Å². The van der Waals surface area contributed by atoms with Crippen molar-refractivity contribution in [2.45, 2.75) is 21.3 Å². The maximum Gasteiger partial charge on any atom is 0.247 e. The van der Waals surface area contributed by atoms with Gasteiger partial charge in [0.2, 0.25) is 17.8 Å². The van der Waals surface area contributed by atoms with E-state index in [0.29, 0.717) is 36.3 Å². The van der Waals surface area contributed by atoms with Gasteiger partial charge in [-0.2, -0.15) is 4.98 Å². The second-order valence-electron chi connectivity index (χ2n) is 8.63. The Morgan fingerprint density at radius 2 is 1.79 bits per heavy atom. The molecule has 0 unspecified atom stereocenters. The van der Waals surface area contributed by atoms with Crippen LogP contribution in [0.2, 0.25) is 0 Å². The second-order valence-corrected chi connectivity index (χ2v) is 8.63. The van der Waals surface area contributed by atoms with Crippen molar-refractivity contribution in [3.8, 4) is 5.75 Å². The highest BCUT2D eigenvalue weighted by molar-refractivity contribution is 5.99. The average Bonchev–Trinajstić information content (AvgIpc) is 2.91. The van der Waals surface area contributed by atoms with E-state index >= 15 is 0 Å². The second kappa shape index (κ2) is 12.6. The number of nitrogens with zero attached hydrogens (tertiary/aromatic N) is 4. The predicted molar refractivity (Wildman–Crippen MR) is 153 cm³/mol. The van der Waals surface area contributed by atoms with E-state index in [4.69, 9.17) is 4.74 Å². The fraction of sp³-hybridized carbons (Fsp3) is 0.286. The summed E-state index contributed by atoms with van der Waals surface area (Å²) in [5, 5.41) is 9.28. The van der Waals surface area contributed by atoms with E-state index in [2.05, 4.69) is 37.4 Å². The van der Waals surface area contributed by atoms with Crippen LogP contribution >= 0.6 is 0 Å². The Balaban J connectivity index is 0.00000400. The van der Waals surface area contributed by atoms with Gasteiger partial charge in [-0.3, -0.25) is 9.59 Å². The van der Waals surface area contributed by atoms with Crippen molar-refractivity contribution in [1.82, 2.24) is 14.9 Å². The van der Waals surface area contributed by atoms with Crippen molar-refractivity contribution in [1.29, 1.82) is 0 Å². The molecule has 0 atom stereocenters. The van der Waals surface area contributed by atoms with Gasteiger partial charge in [0.25, 0.3) is 0 Å². The van der Waals surface area contributed by atoms with E-state index in [-0.39, 0.29) is 19.2 Å². The lowest BCUT2D eigenvalue weighted by molar-refractivity contribution is -0.129. The normalized spacial score (nSPS) is 12.7. The number of amides is 2. The molecule has 2 heterocycles. The number of hydrogen-bond donors (Lipinski definition) is 3. The minimum Gasteiger partial charge on any atom is -0.494 e. The molecule has 10 heteroatoms. The zero-order valence-electron chi connectivity index (χ0n) is 21.2. The first-order chi connectivity index (χ1) is 17.9. The van der Waals surface area contributed by atoms with Gasteiger partial charge >= 0.3 is 0 Å². The molecule has 3 N–H and O–H groups in total. The quantitative estimate of drug-likeness (QED) is 0.369. The van der Waals surface area contributed by atoms with Gasteiger partial charge in [0.1, 0.15) is 11.6 Å². The van der Waals surface area contributed by atoms with Crippen molar-refractivity contribution >= 4 is 46.3 Å². The average molecular weight is 518 g/mol. The van der Waals surface area contributed by atoms with Crippen LogP contribution in [-0.2, 0) is 9.59 Å². The summed E-state index contributed by atoms with van der Waals surface area (Å²) < 4.78 is 5.65. The molecular weight excluding hydrogens is 482 g/mol. The number of aryl methyl sites for hydroxylation is 1. The number of ether oxygens (including phenoxy) is 1. The van der Waals surface area contributed by atoms with E-state index in [9.17, 15) is 9.59 Å². The molecule has 0 aliphatic carbocycles. The van der Waals surface area contributed by atoms with Gasteiger partial charge in [0.05, 0.1) is 12.8 Å². The number of carbonyl (C=O) groups excluding carboxylic acids is 2. The van der Waals surface area contributed by atoms with E-state index in [1.807, 2.05) is 48.2 Å². The van der Waals surface area contributed by atoms with Crippen molar-refractivity contribution in [3.05, 3.63) is 66.9 Å². The standard InChI is InChI=1S/C27H31N7O3.CH4/c1-5-25(36)29-20-7-6-8-21(15-20)30-26-18(2)17-28-27(32-26)31-23-10-9-22(16-24(23)37-4)34-13-11-33(12-14-34)19(3)35;/h5-10,15-17H,1,11-14H2,2-4H3,(H,29,36)(H2,28,30,31,32);1H4. The number of aromatic nitrogens is 2. The van der Waals surface area contributed by atoms with Gasteiger partial charge < -0.3 is 30.5 Å². The minimum absolute atomic E-state index is 0. The zero-order chi connectivity index (χ0) is 26.4. The van der Waals surface area contributed by atoms with Crippen LogP contribution in [0.1, 0.15) is 19.9 Å². The number of piperazine rings is 1. The third-order valence-electron chi connectivity index (χ3n) is 6.07. The SMILES string of the molecule is C.C=CC(=O)Nc1cccc(Nc2nc(Nc3ccc(N4CCN(C(C)=O)CC4)cc3OC)ncc2C)c1. The zero-order valence-corrected chi connectivity index (χ0v) is 21.2. The first-order valence-corrected chi connectivity index (χ1v) is 12.0. The Labute approximate surface area is 223 Å². The molecule has 3 aromatic rings. The van der Waals surface area contributed by atoms with E-state index in [1.165, 1.54) is 6.08 Å².